The number of amides is 1. The van der Waals surface area contributed by atoms with Gasteiger partial charge in [0.15, 0.2) is 11.5 Å². The Morgan fingerprint density at radius 1 is 0.963 bits per heavy atom. The van der Waals surface area contributed by atoms with Crippen LogP contribution in [0.25, 0.3) is 0 Å². The molecular formula is C20H17N3O4. The Labute approximate surface area is 155 Å². The number of fused-ring (bicyclic) bond motifs is 1. The molecule has 0 aliphatic carbocycles. The molecular weight excluding hydrogens is 346 g/mol. The summed E-state index contributed by atoms with van der Waals surface area (Å²) in [6, 6.07) is 14.5. The highest BCUT2D eigenvalue weighted by atomic mass is 16.7. The Bertz CT molecular complexity index is 973. The third kappa shape index (κ3) is 3.77. The summed E-state index contributed by atoms with van der Waals surface area (Å²) < 4.78 is 15.7. The Kier molecular flexibility index (Phi) is 4.49. The molecule has 7 heteroatoms. The van der Waals surface area contributed by atoms with Gasteiger partial charge in [0.2, 0.25) is 6.79 Å². The Morgan fingerprint density at radius 2 is 1.74 bits per heavy atom. The number of benzene rings is 2. The second kappa shape index (κ2) is 7.25. The first-order valence-corrected chi connectivity index (χ1v) is 8.28. The lowest BCUT2D eigenvalue weighted by molar-refractivity contribution is 0.102. The van der Waals surface area contributed by atoms with E-state index in [0.29, 0.717) is 28.4 Å². The number of carbonyl (C=O) groups excluding carboxylic acids is 1. The standard InChI is InChI=1S/C20H17N3O4/c1-25-17-5-2-14(3-6-17)22-16-8-13(10-21-11-16)20(24)23-15-4-7-18-19(9-15)27-12-26-18/h2-11,22H,12H2,1H3,(H,23,24). The summed E-state index contributed by atoms with van der Waals surface area (Å²) in [5, 5.41) is 6.05. The fraction of sp³-hybridized carbons (Fsp3) is 0.100. The Hall–Kier alpha value is -3.74. The molecule has 136 valence electrons. The van der Waals surface area contributed by atoms with Gasteiger partial charge in [0.1, 0.15) is 5.75 Å². The van der Waals surface area contributed by atoms with Crippen molar-refractivity contribution < 1.29 is 19.0 Å². The predicted molar refractivity (Wildman–Crippen MR) is 101 cm³/mol. The number of rotatable bonds is 5. The summed E-state index contributed by atoms with van der Waals surface area (Å²) in [5.41, 5.74) is 2.63. The van der Waals surface area contributed by atoms with Crippen molar-refractivity contribution in [2.24, 2.45) is 0 Å². The zero-order valence-electron chi connectivity index (χ0n) is 14.6. The molecule has 1 aliphatic rings. The number of pyridine rings is 1. The minimum atomic E-state index is -0.264. The molecule has 2 heterocycles. The van der Waals surface area contributed by atoms with E-state index in [1.54, 1.807) is 37.6 Å². The van der Waals surface area contributed by atoms with E-state index < -0.39 is 0 Å². The van der Waals surface area contributed by atoms with Gasteiger partial charge in [-0.1, -0.05) is 0 Å². The smallest absolute Gasteiger partial charge is 0.257 e. The van der Waals surface area contributed by atoms with Crippen LogP contribution in [0.5, 0.6) is 17.2 Å². The summed E-state index contributed by atoms with van der Waals surface area (Å²) in [6.07, 6.45) is 3.17. The summed E-state index contributed by atoms with van der Waals surface area (Å²) in [5.74, 6) is 1.79. The third-order valence-corrected chi connectivity index (χ3v) is 4.01. The van der Waals surface area contributed by atoms with E-state index in [2.05, 4.69) is 15.6 Å². The maximum absolute atomic E-state index is 12.5. The van der Waals surface area contributed by atoms with Crippen LogP contribution in [0.2, 0.25) is 0 Å². The van der Waals surface area contributed by atoms with Crippen LogP contribution in [0, 0.1) is 0 Å². The van der Waals surface area contributed by atoms with Crippen LogP contribution in [0.1, 0.15) is 10.4 Å². The molecule has 0 unspecified atom stereocenters. The SMILES string of the molecule is COc1ccc(Nc2cncc(C(=O)Nc3ccc4c(c3)OCO4)c2)cc1. The van der Waals surface area contributed by atoms with Gasteiger partial charge in [-0.05, 0) is 42.5 Å². The molecule has 4 rings (SSSR count). The van der Waals surface area contributed by atoms with E-state index in [4.69, 9.17) is 14.2 Å². The quantitative estimate of drug-likeness (QED) is 0.717. The molecule has 0 fully saturated rings. The maximum Gasteiger partial charge on any atom is 0.257 e. The lowest BCUT2D eigenvalue weighted by Gasteiger charge is -2.09. The highest BCUT2D eigenvalue weighted by molar-refractivity contribution is 6.04. The largest absolute Gasteiger partial charge is 0.497 e. The second-order valence-corrected chi connectivity index (χ2v) is 5.84. The van der Waals surface area contributed by atoms with Gasteiger partial charge in [0.25, 0.3) is 5.91 Å². The van der Waals surface area contributed by atoms with Crippen LogP contribution in [0.4, 0.5) is 17.1 Å². The highest BCUT2D eigenvalue weighted by Gasteiger charge is 2.15. The minimum Gasteiger partial charge on any atom is -0.497 e. The number of nitrogens with zero attached hydrogens (tertiary/aromatic N) is 1. The van der Waals surface area contributed by atoms with Crippen molar-refractivity contribution >= 4 is 23.0 Å². The van der Waals surface area contributed by atoms with Gasteiger partial charge in [-0.25, -0.2) is 0 Å². The molecule has 0 spiro atoms. The number of hydrogen-bond acceptors (Lipinski definition) is 6. The van der Waals surface area contributed by atoms with Crippen LogP contribution in [-0.2, 0) is 0 Å². The lowest BCUT2D eigenvalue weighted by Crippen LogP contribution is -2.12. The van der Waals surface area contributed by atoms with Crippen molar-refractivity contribution in [3.63, 3.8) is 0 Å². The van der Waals surface area contributed by atoms with Crippen LogP contribution in [0.3, 0.4) is 0 Å². The molecule has 1 amide bonds. The van der Waals surface area contributed by atoms with Gasteiger partial charge in [-0.2, -0.15) is 0 Å². The van der Waals surface area contributed by atoms with Crippen molar-refractivity contribution in [2.45, 2.75) is 0 Å². The average Bonchev–Trinajstić information content (AvgIpc) is 3.16. The molecule has 27 heavy (non-hydrogen) atoms. The van der Waals surface area contributed by atoms with Crippen molar-refractivity contribution in [2.75, 3.05) is 24.5 Å². The average molecular weight is 363 g/mol. The van der Waals surface area contributed by atoms with Gasteiger partial charge in [-0.3, -0.25) is 9.78 Å². The van der Waals surface area contributed by atoms with Crippen LogP contribution >= 0.6 is 0 Å². The van der Waals surface area contributed by atoms with Gasteiger partial charge in [0, 0.05) is 23.6 Å². The topological polar surface area (TPSA) is 81.7 Å². The predicted octanol–water partition coefficient (Wildman–Crippen LogP) is 3.81. The number of nitrogens with one attached hydrogen (secondary N) is 2. The lowest BCUT2D eigenvalue weighted by atomic mass is 10.2. The summed E-state index contributed by atoms with van der Waals surface area (Å²) in [4.78, 5) is 16.7. The molecule has 2 N–H and O–H groups in total. The summed E-state index contributed by atoms with van der Waals surface area (Å²) in [6.45, 7) is 0.190. The number of aromatic nitrogens is 1. The zero-order valence-corrected chi connectivity index (χ0v) is 14.6. The monoisotopic (exact) mass is 363 g/mol. The van der Waals surface area contributed by atoms with Gasteiger partial charge in [0.05, 0.1) is 24.6 Å². The fourth-order valence-corrected chi connectivity index (χ4v) is 2.65. The second-order valence-electron chi connectivity index (χ2n) is 5.84. The van der Waals surface area contributed by atoms with E-state index in [9.17, 15) is 4.79 Å². The number of anilines is 3. The Morgan fingerprint density at radius 3 is 2.56 bits per heavy atom. The highest BCUT2D eigenvalue weighted by Crippen LogP contribution is 2.34. The maximum atomic E-state index is 12.5. The number of ether oxygens (including phenoxy) is 3. The molecule has 3 aromatic rings. The van der Waals surface area contributed by atoms with Crippen LogP contribution in [-0.4, -0.2) is 24.8 Å². The molecule has 2 aromatic carbocycles. The molecule has 1 aromatic heterocycles. The normalized spacial score (nSPS) is 11.7. The first-order valence-electron chi connectivity index (χ1n) is 8.28. The number of carbonyl (C=O) groups is 1. The van der Waals surface area contributed by atoms with Gasteiger partial charge >= 0.3 is 0 Å². The fourth-order valence-electron chi connectivity index (χ4n) is 2.65. The third-order valence-electron chi connectivity index (χ3n) is 4.01. The van der Waals surface area contributed by atoms with Crippen molar-refractivity contribution in [3.8, 4) is 17.2 Å². The number of methoxy groups -OCH3 is 1. The summed E-state index contributed by atoms with van der Waals surface area (Å²) >= 11 is 0. The van der Waals surface area contributed by atoms with Crippen molar-refractivity contribution in [1.82, 2.24) is 4.98 Å². The van der Waals surface area contributed by atoms with Crippen molar-refractivity contribution in [3.05, 3.63) is 66.5 Å². The Balaban J connectivity index is 1.47. The van der Waals surface area contributed by atoms with E-state index in [0.717, 1.165) is 11.4 Å². The van der Waals surface area contributed by atoms with E-state index in [1.807, 2.05) is 24.3 Å². The van der Waals surface area contributed by atoms with E-state index >= 15 is 0 Å². The first kappa shape index (κ1) is 16.7. The van der Waals surface area contributed by atoms with Gasteiger partial charge < -0.3 is 24.8 Å². The first-order chi connectivity index (χ1) is 13.2. The van der Waals surface area contributed by atoms with Crippen LogP contribution in [0.15, 0.2) is 60.9 Å². The zero-order chi connectivity index (χ0) is 18.6. The molecule has 7 nitrogen and oxygen atoms in total. The minimum absolute atomic E-state index is 0.190. The molecule has 1 aliphatic heterocycles. The molecule has 0 atom stereocenters. The van der Waals surface area contributed by atoms with E-state index in [-0.39, 0.29) is 12.7 Å². The van der Waals surface area contributed by atoms with Gasteiger partial charge in [-0.15, -0.1) is 0 Å². The molecule has 0 saturated carbocycles. The molecule has 0 bridgehead atoms. The van der Waals surface area contributed by atoms with Crippen LogP contribution < -0.4 is 24.8 Å². The number of hydrogen-bond donors (Lipinski definition) is 2. The molecule has 0 radical (unpaired) electrons. The van der Waals surface area contributed by atoms with E-state index in [1.165, 1.54) is 6.20 Å². The summed E-state index contributed by atoms with van der Waals surface area (Å²) in [7, 11) is 1.62. The van der Waals surface area contributed by atoms with Crippen molar-refractivity contribution in [1.29, 1.82) is 0 Å². The molecule has 0 saturated heterocycles.